The standard InChI is InChI=1S/C13H28FN3O2/c1-10(14)7-11(5-6-13(18)19)3-2-4-12-8-17(9-15)16-12/h10-13,16,18-19H,2-9,15H2,1H3. The summed E-state index contributed by atoms with van der Waals surface area (Å²) < 4.78 is 13.1. The molecule has 1 aliphatic heterocycles. The van der Waals surface area contributed by atoms with Gasteiger partial charge in [-0.25, -0.2) is 14.8 Å². The molecule has 0 bridgehead atoms. The van der Waals surface area contributed by atoms with Crippen molar-refractivity contribution in [3.05, 3.63) is 0 Å². The van der Waals surface area contributed by atoms with E-state index in [4.69, 9.17) is 15.9 Å². The summed E-state index contributed by atoms with van der Waals surface area (Å²) in [5.74, 6) is 0.243. The molecule has 1 fully saturated rings. The summed E-state index contributed by atoms with van der Waals surface area (Å²) in [5.41, 5.74) is 8.72. The Kier molecular flexibility index (Phi) is 7.78. The van der Waals surface area contributed by atoms with Crippen LogP contribution in [0.25, 0.3) is 0 Å². The number of hydrogen-bond acceptors (Lipinski definition) is 5. The van der Waals surface area contributed by atoms with E-state index in [0.29, 0.717) is 32.0 Å². The summed E-state index contributed by atoms with van der Waals surface area (Å²) in [4.78, 5) is 0. The Hall–Kier alpha value is -0.270. The molecule has 3 atom stereocenters. The van der Waals surface area contributed by atoms with Gasteiger partial charge < -0.3 is 15.9 Å². The van der Waals surface area contributed by atoms with Gasteiger partial charge in [-0.2, -0.15) is 0 Å². The molecule has 0 aromatic rings. The van der Waals surface area contributed by atoms with Crippen LogP contribution in [0.5, 0.6) is 0 Å². The fourth-order valence-electron chi connectivity index (χ4n) is 2.67. The van der Waals surface area contributed by atoms with Crippen LogP contribution >= 0.6 is 0 Å². The molecule has 0 aromatic carbocycles. The second kappa shape index (κ2) is 8.81. The monoisotopic (exact) mass is 277 g/mol. The maximum Gasteiger partial charge on any atom is 0.151 e. The Morgan fingerprint density at radius 1 is 1.37 bits per heavy atom. The maximum absolute atomic E-state index is 13.1. The summed E-state index contributed by atoms with van der Waals surface area (Å²) in [6, 6.07) is 0.496. The predicted octanol–water partition coefficient (Wildman–Crippen LogP) is 0.717. The molecule has 6 heteroatoms. The lowest BCUT2D eigenvalue weighted by Crippen LogP contribution is -2.63. The number of halogens is 1. The van der Waals surface area contributed by atoms with Crippen LogP contribution in [0.1, 0.15) is 45.4 Å². The van der Waals surface area contributed by atoms with Crippen LogP contribution in [0.15, 0.2) is 0 Å². The van der Waals surface area contributed by atoms with E-state index < -0.39 is 12.5 Å². The highest BCUT2D eigenvalue weighted by Gasteiger charge is 2.24. The second-order valence-corrected chi connectivity index (χ2v) is 5.60. The van der Waals surface area contributed by atoms with Crippen LogP contribution in [0.2, 0.25) is 0 Å². The minimum absolute atomic E-state index is 0.243. The van der Waals surface area contributed by atoms with Crippen molar-refractivity contribution in [2.24, 2.45) is 11.7 Å². The molecule has 19 heavy (non-hydrogen) atoms. The van der Waals surface area contributed by atoms with Gasteiger partial charge in [0.05, 0.1) is 12.8 Å². The number of aliphatic hydroxyl groups is 2. The molecule has 1 heterocycles. The first-order chi connectivity index (χ1) is 9.01. The Morgan fingerprint density at radius 3 is 2.58 bits per heavy atom. The minimum Gasteiger partial charge on any atom is -0.368 e. The van der Waals surface area contributed by atoms with E-state index in [1.807, 2.05) is 5.01 Å². The summed E-state index contributed by atoms with van der Waals surface area (Å²) in [6.07, 6.45) is 2.48. The molecule has 3 unspecified atom stereocenters. The van der Waals surface area contributed by atoms with Crippen LogP contribution in [0.4, 0.5) is 4.39 Å². The first-order valence-electron chi connectivity index (χ1n) is 7.22. The molecule has 0 aromatic heterocycles. The molecule has 1 rings (SSSR count). The Balaban J connectivity index is 2.13. The lowest BCUT2D eigenvalue weighted by atomic mass is 9.90. The average molecular weight is 277 g/mol. The Morgan fingerprint density at radius 2 is 2.05 bits per heavy atom. The van der Waals surface area contributed by atoms with Crippen LogP contribution in [-0.2, 0) is 0 Å². The quantitative estimate of drug-likeness (QED) is 0.442. The summed E-state index contributed by atoms with van der Waals surface area (Å²) >= 11 is 0. The summed E-state index contributed by atoms with van der Waals surface area (Å²) in [6.45, 7) is 3.08. The van der Waals surface area contributed by atoms with Crippen molar-refractivity contribution < 1.29 is 14.6 Å². The highest BCUT2D eigenvalue weighted by molar-refractivity contribution is 4.78. The minimum atomic E-state index is -1.27. The van der Waals surface area contributed by atoms with Gasteiger partial charge in [0.15, 0.2) is 6.29 Å². The van der Waals surface area contributed by atoms with E-state index in [2.05, 4.69) is 5.43 Å². The highest BCUT2D eigenvalue weighted by Crippen LogP contribution is 2.23. The SMILES string of the molecule is CC(F)CC(CCCC1CN(CN)N1)CCC(O)O. The maximum atomic E-state index is 13.1. The van der Waals surface area contributed by atoms with Gasteiger partial charge in [-0.05, 0) is 38.5 Å². The molecule has 1 saturated heterocycles. The van der Waals surface area contributed by atoms with Gasteiger partial charge in [-0.1, -0.05) is 12.8 Å². The van der Waals surface area contributed by atoms with Crippen molar-refractivity contribution in [3.63, 3.8) is 0 Å². The van der Waals surface area contributed by atoms with Gasteiger partial charge in [0.1, 0.15) is 0 Å². The van der Waals surface area contributed by atoms with Crippen molar-refractivity contribution in [2.75, 3.05) is 13.2 Å². The molecule has 0 spiro atoms. The van der Waals surface area contributed by atoms with E-state index in [9.17, 15) is 4.39 Å². The van der Waals surface area contributed by atoms with Crippen LogP contribution in [0.3, 0.4) is 0 Å². The Labute approximate surface area is 114 Å². The molecular weight excluding hydrogens is 249 g/mol. The van der Waals surface area contributed by atoms with E-state index in [1.165, 1.54) is 0 Å². The zero-order valence-corrected chi connectivity index (χ0v) is 11.8. The largest absolute Gasteiger partial charge is 0.368 e. The summed E-state index contributed by atoms with van der Waals surface area (Å²) in [7, 11) is 0. The molecule has 1 aliphatic rings. The number of rotatable bonds is 10. The molecule has 114 valence electrons. The Bertz CT molecular complexity index is 236. The third-order valence-corrected chi connectivity index (χ3v) is 3.68. The van der Waals surface area contributed by atoms with E-state index in [-0.39, 0.29) is 5.92 Å². The third kappa shape index (κ3) is 7.17. The summed E-state index contributed by atoms with van der Waals surface area (Å²) in [5, 5.41) is 19.7. The van der Waals surface area contributed by atoms with Crippen molar-refractivity contribution in [2.45, 2.75) is 64.0 Å². The topological polar surface area (TPSA) is 81.8 Å². The van der Waals surface area contributed by atoms with Gasteiger partial charge >= 0.3 is 0 Å². The highest BCUT2D eigenvalue weighted by atomic mass is 19.1. The predicted molar refractivity (Wildman–Crippen MR) is 72.7 cm³/mol. The first-order valence-corrected chi connectivity index (χ1v) is 7.22. The van der Waals surface area contributed by atoms with Crippen molar-refractivity contribution in [1.82, 2.24) is 10.4 Å². The molecule has 5 N–H and O–H groups in total. The molecule has 5 nitrogen and oxygen atoms in total. The van der Waals surface area contributed by atoms with Gasteiger partial charge in [0.25, 0.3) is 0 Å². The molecule has 0 saturated carbocycles. The van der Waals surface area contributed by atoms with Crippen LogP contribution < -0.4 is 11.2 Å². The fourth-order valence-corrected chi connectivity index (χ4v) is 2.67. The number of hydrogen-bond donors (Lipinski definition) is 4. The average Bonchev–Trinajstić information content (AvgIpc) is 2.27. The lowest BCUT2D eigenvalue weighted by Gasteiger charge is -2.39. The van der Waals surface area contributed by atoms with E-state index >= 15 is 0 Å². The third-order valence-electron chi connectivity index (χ3n) is 3.68. The van der Waals surface area contributed by atoms with Gasteiger partial charge in [0.2, 0.25) is 0 Å². The smallest absolute Gasteiger partial charge is 0.151 e. The molecule has 0 radical (unpaired) electrons. The number of aliphatic hydroxyl groups excluding tert-OH is 1. The second-order valence-electron chi connectivity index (χ2n) is 5.60. The van der Waals surface area contributed by atoms with Crippen LogP contribution in [-0.4, -0.2) is 46.9 Å². The first kappa shape index (κ1) is 16.8. The van der Waals surface area contributed by atoms with Crippen molar-refractivity contribution in [3.8, 4) is 0 Å². The van der Waals surface area contributed by atoms with Crippen molar-refractivity contribution in [1.29, 1.82) is 0 Å². The van der Waals surface area contributed by atoms with E-state index in [1.54, 1.807) is 6.92 Å². The van der Waals surface area contributed by atoms with Crippen LogP contribution in [0, 0.1) is 5.92 Å². The van der Waals surface area contributed by atoms with Gasteiger partial charge in [-0.3, -0.25) is 0 Å². The lowest BCUT2D eigenvalue weighted by molar-refractivity contribution is -0.0498. The zero-order chi connectivity index (χ0) is 14.3. The number of alkyl halides is 1. The number of nitrogens with two attached hydrogens (primary N) is 1. The van der Waals surface area contributed by atoms with Gasteiger partial charge in [0, 0.05) is 12.6 Å². The molecule has 0 amide bonds. The van der Waals surface area contributed by atoms with Gasteiger partial charge in [-0.15, -0.1) is 0 Å². The normalized spacial score (nSPS) is 23.4. The van der Waals surface area contributed by atoms with Crippen molar-refractivity contribution >= 4 is 0 Å². The fraction of sp³-hybridized carbons (Fsp3) is 1.00. The zero-order valence-electron chi connectivity index (χ0n) is 11.8. The number of hydrazine groups is 1. The molecule has 0 aliphatic carbocycles. The number of nitrogens with one attached hydrogen (secondary N) is 1. The molecular formula is C13H28FN3O2. The number of nitrogens with zero attached hydrogens (tertiary/aromatic N) is 1. The van der Waals surface area contributed by atoms with E-state index in [0.717, 1.165) is 25.8 Å².